The van der Waals surface area contributed by atoms with Crippen LogP contribution in [-0.2, 0) is 11.2 Å². The van der Waals surface area contributed by atoms with Crippen molar-refractivity contribution >= 4 is 12.0 Å². The number of aldehydes is 1. The first kappa shape index (κ1) is 8.52. The second-order valence-electron chi connectivity index (χ2n) is 2.24. The monoisotopic (exact) mass is 167 g/mol. The van der Waals surface area contributed by atoms with Crippen molar-refractivity contribution in [3.8, 4) is 0 Å². The molecule has 0 amide bonds. The summed E-state index contributed by atoms with van der Waals surface area (Å²) in [5.41, 5.74) is 0.305. The van der Waals surface area contributed by atoms with E-state index >= 15 is 0 Å². The van der Waals surface area contributed by atoms with Crippen LogP contribution in [0.3, 0.4) is 0 Å². The smallest absolute Gasteiger partial charge is 0.129 e. The fraction of sp³-hybridized carbons (Fsp3) is 0.125. The second-order valence-corrected chi connectivity index (χ2v) is 2.24. The summed E-state index contributed by atoms with van der Waals surface area (Å²) in [5.74, 6) is -0.570. The maximum atomic E-state index is 12.9. The molecule has 1 aromatic rings. The van der Waals surface area contributed by atoms with Gasteiger partial charge in [0, 0.05) is 12.5 Å². The van der Waals surface area contributed by atoms with E-state index < -0.39 is 5.82 Å². The van der Waals surface area contributed by atoms with Crippen molar-refractivity contribution in [2.45, 2.75) is 6.42 Å². The Labute approximate surface area is 68.2 Å². The molecule has 0 radical (unpaired) electrons. The maximum Gasteiger partial charge on any atom is 0.129 e. The lowest BCUT2D eigenvalue weighted by Crippen LogP contribution is -1.90. The minimum absolute atomic E-state index is 0.0188. The number of halogens is 1. The van der Waals surface area contributed by atoms with Crippen LogP contribution in [0.15, 0.2) is 23.4 Å². The highest BCUT2D eigenvalue weighted by Gasteiger charge is 2.02. The van der Waals surface area contributed by atoms with E-state index in [-0.39, 0.29) is 17.7 Å². The number of carbonyl (C=O) groups is 1. The van der Waals surface area contributed by atoms with Crippen molar-refractivity contribution in [2.75, 3.05) is 0 Å². The molecule has 4 heteroatoms. The average molecular weight is 167 g/mol. The van der Waals surface area contributed by atoms with Gasteiger partial charge in [0.1, 0.15) is 17.8 Å². The predicted octanol–water partition coefficient (Wildman–Crippen LogP) is 1.96. The molecule has 0 unspecified atom stereocenters. The van der Waals surface area contributed by atoms with Crippen molar-refractivity contribution in [3.05, 3.63) is 34.5 Å². The van der Waals surface area contributed by atoms with E-state index in [9.17, 15) is 14.1 Å². The number of hydrogen-bond donors (Lipinski definition) is 0. The predicted molar refractivity (Wildman–Crippen MR) is 41.6 cm³/mol. The summed E-state index contributed by atoms with van der Waals surface area (Å²) in [4.78, 5) is 20.0. The van der Waals surface area contributed by atoms with Gasteiger partial charge in [-0.05, 0) is 16.8 Å². The Hall–Kier alpha value is -1.58. The van der Waals surface area contributed by atoms with Crippen molar-refractivity contribution in [2.24, 2.45) is 5.18 Å². The van der Waals surface area contributed by atoms with Crippen molar-refractivity contribution in [1.29, 1.82) is 0 Å². The summed E-state index contributed by atoms with van der Waals surface area (Å²) in [7, 11) is 0. The molecule has 0 aromatic heterocycles. The number of nitrogens with zero attached hydrogens (tertiary/aromatic N) is 1. The zero-order chi connectivity index (χ0) is 8.97. The minimum atomic E-state index is -0.570. The lowest BCUT2D eigenvalue weighted by molar-refractivity contribution is -0.107. The number of nitroso groups, excluding NO2 is 1. The number of hydrogen-bond acceptors (Lipinski definition) is 3. The Bertz CT molecular complexity index is 312. The summed E-state index contributed by atoms with van der Waals surface area (Å²) in [5, 5.41) is 2.55. The van der Waals surface area contributed by atoms with Crippen LogP contribution in [0.5, 0.6) is 0 Å². The van der Waals surface area contributed by atoms with E-state index in [1.165, 1.54) is 12.1 Å². The zero-order valence-corrected chi connectivity index (χ0v) is 6.16. The zero-order valence-electron chi connectivity index (χ0n) is 6.16. The highest BCUT2D eigenvalue weighted by Crippen LogP contribution is 2.16. The third kappa shape index (κ3) is 1.72. The van der Waals surface area contributed by atoms with Crippen molar-refractivity contribution in [3.63, 3.8) is 0 Å². The quantitative estimate of drug-likeness (QED) is 0.510. The maximum absolute atomic E-state index is 12.9. The van der Waals surface area contributed by atoms with Gasteiger partial charge < -0.3 is 4.79 Å². The molecule has 0 saturated carbocycles. The van der Waals surface area contributed by atoms with E-state index in [1.807, 2.05) is 0 Å². The molecular weight excluding hydrogens is 161 g/mol. The Kier molecular flexibility index (Phi) is 2.63. The van der Waals surface area contributed by atoms with Crippen LogP contribution in [0.4, 0.5) is 10.1 Å². The fourth-order valence-electron chi connectivity index (χ4n) is 0.848. The molecule has 0 atom stereocenters. The Morgan fingerprint density at radius 1 is 1.50 bits per heavy atom. The fourth-order valence-corrected chi connectivity index (χ4v) is 0.848. The average Bonchev–Trinajstić information content (AvgIpc) is 2.09. The highest BCUT2D eigenvalue weighted by molar-refractivity contribution is 5.56. The van der Waals surface area contributed by atoms with Crippen LogP contribution in [0.2, 0.25) is 0 Å². The Balaban J connectivity index is 3.02. The Morgan fingerprint density at radius 2 is 2.25 bits per heavy atom. The molecular formula is C8H6FNO2. The van der Waals surface area contributed by atoms with Crippen molar-refractivity contribution in [1.82, 2.24) is 0 Å². The normalized spacial score (nSPS) is 9.42. The molecule has 62 valence electrons. The summed E-state index contributed by atoms with van der Waals surface area (Å²) < 4.78 is 12.9. The van der Waals surface area contributed by atoms with Crippen molar-refractivity contribution < 1.29 is 9.18 Å². The van der Waals surface area contributed by atoms with E-state index in [4.69, 9.17) is 0 Å². The Morgan fingerprint density at radius 3 is 2.75 bits per heavy atom. The second kappa shape index (κ2) is 3.71. The first-order valence-corrected chi connectivity index (χ1v) is 3.33. The molecule has 3 nitrogen and oxygen atoms in total. The molecule has 0 aliphatic rings. The summed E-state index contributed by atoms with van der Waals surface area (Å²) >= 11 is 0. The van der Waals surface area contributed by atoms with Gasteiger partial charge in [-0.25, -0.2) is 4.39 Å². The van der Waals surface area contributed by atoms with Crippen LogP contribution < -0.4 is 0 Å². The van der Waals surface area contributed by atoms with Gasteiger partial charge in [-0.2, -0.15) is 0 Å². The van der Waals surface area contributed by atoms with Crippen LogP contribution in [0, 0.1) is 10.7 Å². The first-order valence-electron chi connectivity index (χ1n) is 3.33. The SMILES string of the molecule is O=CCc1ccc(N=O)cc1F. The molecule has 0 fully saturated rings. The lowest BCUT2D eigenvalue weighted by Gasteiger charge is -1.96. The first-order chi connectivity index (χ1) is 5.77. The van der Waals surface area contributed by atoms with Crippen LogP contribution in [0.1, 0.15) is 5.56 Å². The van der Waals surface area contributed by atoms with Gasteiger partial charge >= 0.3 is 0 Å². The topological polar surface area (TPSA) is 46.5 Å². The lowest BCUT2D eigenvalue weighted by atomic mass is 10.1. The van der Waals surface area contributed by atoms with Crippen LogP contribution >= 0.6 is 0 Å². The molecule has 1 rings (SSSR count). The van der Waals surface area contributed by atoms with Gasteiger partial charge in [-0.15, -0.1) is 4.91 Å². The van der Waals surface area contributed by atoms with E-state index in [2.05, 4.69) is 5.18 Å². The molecule has 12 heavy (non-hydrogen) atoms. The van der Waals surface area contributed by atoms with E-state index in [0.29, 0.717) is 6.29 Å². The van der Waals surface area contributed by atoms with Gasteiger partial charge in [-0.3, -0.25) is 0 Å². The molecule has 0 bridgehead atoms. The summed E-state index contributed by atoms with van der Waals surface area (Å²) in [6.45, 7) is 0. The van der Waals surface area contributed by atoms with Gasteiger partial charge in [-0.1, -0.05) is 6.07 Å². The molecule has 1 aromatic carbocycles. The van der Waals surface area contributed by atoms with Gasteiger partial charge in [0.2, 0.25) is 0 Å². The minimum Gasteiger partial charge on any atom is -0.303 e. The summed E-state index contributed by atoms with van der Waals surface area (Å²) in [6, 6.07) is 3.75. The molecule has 0 saturated heterocycles. The molecule has 0 aliphatic carbocycles. The largest absolute Gasteiger partial charge is 0.303 e. The van der Waals surface area contributed by atoms with Gasteiger partial charge in [0.05, 0.1) is 0 Å². The third-order valence-electron chi connectivity index (χ3n) is 1.45. The molecule has 0 spiro atoms. The number of rotatable bonds is 3. The standard InChI is InChI=1S/C8H6FNO2/c9-8-5-7(10-12)2-1-6(8)3-4-11/h1-2,4-5H,3H2. The number of benzene rings is 1. The molecule has 0 aliphatic heterocycles. The molecule has 0 heterocycles. The van der Waals surface area contributed by atoms with Crippen LogP contribution in [0.25, 0.3) is 0 Å². The van der Waals surface area contributed by atoms with E-state index in [1.54, 1.807) is 0 Å². The summed E-state index contributed by atoms with van der Waals surface area (Å²) in [6.07, 6.45) is 0.622. The van der Waals surface area contributed by atoms with Crippen LogP contribution in [-0.4, -0.2) is 6.29 Å². The third-order valence-corrected chi connectivity index (χ3v) is 1.45. The number of carbonyl (C=O) groups excluding carboxylic acids is 1. The molecule has 0 N–H and O–H groups in total. The van der Waals surface area contributed by atoms with E-state index in [0.717, 1.165) is 6.07 Å². The van der Waals surface area contributed by atoms with Gasteiger partial charge in [0.25, 0.3) is 0 Å². The van der Waals surface area contributed by atoms with Gasteiger partial charge in [0.15, 0.2) is 0 Å². The highest BCUT2D eigenvalue weighted by atomic mass is 19.1.